The summed E-state index contributed by atoms with van der Waals surface area (Å²) in [5.41, 5.74) is 7.75. The molecule has 1 aromatic rings. The van der Waals surface area contributed by atoms with Gasteiger partial charge < -0.3 is 10.9 Å². The molecule has 0 saturated carbocycles. The van der Waals surface area contributed by atoms with Crippen LogP contribution in [0.3, 0.4) is 0 Å². The van der Waals surface area contributed by atoms with Crippen molar-refractivity contribution in [2.45, 2.75) is 32.9 Å². The SMILES string of the molecule is Cc1cccnc1CN1CCN(C(C)(C)/C(N)=N/O)CC1. The minimum absolute atomic E-state index is 0.261. The third-order valence-electron chi connectivity index (χ3n) is 4.39. The van der Waals surface area contributed by atoms with Crippen molar-refractivity contribution in [1.82, 2.24) is 14.8 Å². The van der Waals surface area contributed by atoms with Crippen molar-refractivity contribution < 1.29 is 5.21 Å². The van der Waals surface area contributed by atoms with Gasteiger partial charge in [0.1, 0.15) is 0 Å². The molecule has 2 heterocycles. The second-order valence-electron chi connectivity index (χ2n) is 6.07. The van der Waals surface area contributed by atoms with Gasteiger partial charge in [-0.1, -0.05) is 11.2 Å². The minimum Gasteiger partial charge on any atom is -0.409 e. The lowest BCUT2D eigenvalue weighted by molar-refractivity contribution is 0.0786. The fourth-order valence-electron chi connectivity index (χ4n) is 2.65. The lowest BCUT2D eigenvalue weighted by atomic mass is 10.00. The summed E-state index contributed by atoms with van der Waals surface area (Å²) >= 11 is 0. The summed E-state index contributed by atoms with van der Waals surface area (Å²) in [7, 11) is 0. The normalized spacial score (nSPS) is 18.9. The topological polar surface area (TPSA) is 78.0 Å². The number of hydrogen-bond donors (Lipinski definition) is 2. The van der Waals surface area contributed by atoms with E-state index in [2.05, 4.69) is 32.9 Å². The maximum Gasteiger partial charge on any atom is 0.159 e. The summed E-state index contributed by atoms with van der Waals surface area (Å²) in [6.07, 6.45) is 1.85. The predicted octanol–water partition coefficient (Wildman–Crippen LogP) is 1.03. The van der Waals surface area contributed by atoms with Gasteiger partial charge in [-0.05, 0) is 32.4 Å². The zero-order valence-electron chi connectivity index (χ0n) is 13.1. The smallest absolute Gasteiger partial charge is 0.159 e. The van der Waals surface area contributed by atoms with Gasteiger partial charge in [-0.15, -0.1) is 0 Å². The number of aryl methyl sites for hydroxylation is 1. The van der Waals surface area contributed by atoms with Crippen molar-refractivity contribution in [2.24, 2.45) is 10.9 Å². The highest BCUT2D eigenvalue weighted by molar-refractivity contribution is 5.88. The molecule has 2 rings (SSSR count). The van der Waals surface area contributed by atoms with E-state index in [0.717, 1.165) is 38.4 Å². The molecule has 1 aliphatic heterocycles. The molecular formula is C15H25N5O. The Balaban J connectivity index is 1.93. The highest BCUT2D eigenvalue weighted by atomic mass is 16.4. The van der Waals surface area contributed by atoms with E-state index in [4.69, 9.17) is 10.9 Å². The van der Waals surface area contributed by atoms with Crippen LogP contribution < -0.4 is 5.73 Å². The lowest BCUT2D eigenvalue weighted by Crippen LogP contribution is -2.59. The largest absolute Gasteiger partial charge is 0.409 e. The second kappa shape index (κ2) is 6.41. The molecule has 1 fully saturated rings. The number of pyridine rings is 1. The first-order valence-corrected chi connectivity index (χ1v) is 7.31. The Morgan fingerprint density at radius 2 is 2.05 bits per heavy atom. The van der Waals surface area contributed by atoms with Crippen LogP contribution in [-0.4, -0.2) is 57.5 Å². The third kappa shape index (κ3) is 3.51. The molecule has 0 aromatic carbocycles. The summed E-state index contributed by atoms with van der Waals surface area (Å²) in [6.45, 7) is 10.7. The monoisotopic (exact) mass is 291 g/mol. The van der Waals surface area contributed by atoms with Crippen molar-refractivity contribution in [3.63, 3.8) is 0 Å². The zero-order chi connectivity index (χ0) is 15.5. The van der Waals surface area contributed by atoms with Crippen LogP contribution in [0.4, 0.5) is 0 Å². The van der Waals surface area contributed by atoms with Crippen LogP contribution in [0, 0.1) is 6.92 Å². The van der Waals surface area contributed by atoms with Gasteiger partial charge in [0.2, 0.25) is 0 Å². The molecule has 0 spiro atoms. The molecule has 116 valence electrons. The van der Waals surface area contributed by atoms with Gasteiger partial charge in [0.15, 0.2) is 5.84 Å². The number of rotatable bonds is 4. The van der Waals surface area contributed by atoms with Crippen molar-refractivity contribution >= 4 is 5.84 Å². The van der Waals surface area contributed by atoms with Crippen LogP contribution in [0.2, 0.25) is 0 Å². The van der Waals surface area contributed by atoms with E-state index in [1.165, 1.54) is 5.56 Å². The maximum absolute atomic E-state index is 8.90. The van der Waals surface area contributed by atoms with Gasteiger partial charge in [0.05, 0.1) is 11.2 Å². The first-order chi connectivity index (χ1) is 9.95. The predicted molar refractivity (Wildman–Crippen MR) is 83.3 cm³/mol. The number of nitrogens with two attached hydrogens (primary N) is 1. The van der Waals surface area contributed by atoms with Gasteiger partial charge >= 0.3 is 0 Å². The van der Waals surface area contributed by atoms with E-state index in [9.17, 15) is 0 Å². The number of piperazine rings is 1. The molecule has 0 atom stereocenters. The number of nitrogens with zero attached hydrogens (tertiary/aromatic N) is 4. The Morgan fingerprint density at radius 1 is 1.38 bits per heavy atom. The van der Waals surface area contributed by atoms with Crippen molar-refractivity contribution in [1.29, 1.82) is 0 Å². The Labute approximate surface area is 126 Å². The second-order valence-corrected chi connectivity index (χ2v) is 6.07. The highest BCUT2D eigenvalue weighted by Crippen LogP contribution is 2.18. The Bertz CT molecular complexity index is 507. The molecule has 1 saturated heterocycles. The molecule has 0 aliphatic carbocycles. The highest BCUT2D eigenvalue weighted by Gasteiger charge is 2.33. The van der Waals surface area contributed by atoms with E-state index < -0.39 is 5.54 Å². The molecule has 6 heteroatoms. The van der Waals surface area contributed by atoms with Gasteiger partial charge in [-0.25, -0.2) is 0 Å². The van der Waals surface area contributed by atoms with E-state index in [0.29, 0.717) is 0 Å². The van der Waals surface area contributed by atoms with E-state index in [1.807, 2.05) is 26.1 Å². The molecule has 6 nitrogen and oxygen atoms in total. The van der Waals surface area contributed by atoms with Crippen LogP contribution >= 0.6 is 0 Å². The molecule has 1 aromatic heterocycles. The average Bonchev–Trinajstić information content (AvgIpc) is 2.49. The third-order valence-corrected chi connectivity index (χ3v) is 4.39. The molecule has 0 bridgehead atoms. The first-order valence-electron chi connectivity index (χ1n) is 7.31. The molecule has 21 heavy (non-hydrogen) atoms. The Hall–Kier alpha value is -1.66. The molecule has 0 unspecified atom stereocenters. The summed E-state index contributed by atoms with van der Waals surface area (Å²) in [4.78, 5) is 9.11. The van der Waals surface area contributed by atoms with Gasteiger partial charge in [0.25, 0.3) is 0 Å². The van der Waals surface area contributed by atoms with E-state index in [1.54, 1.807) is 0 Å². The number of oxime groups is 1. The van der Waals surface area contributed by atoms with Crippen molar-refractivity contribution in [3.8, 4) is 0 Å². The lowest BCUT2D eigenvalue weighted by Gasteiger charge is -2.43. The summed E-state index contributed by atoms with van der Waals surface area (Å²) < 4.78 is 0. The van der Waals surface area contributed by atoms with Gasteiger partial charge in [-0.2, -0.15) is 0 Å². The number of aromatic nitrogens is 1. The summed E-state index contributed by atoms with van der Waals surface area (Å²) in [5.74, 6) is 0.261. The molecule has 3 N–H and O–H groups in total. The quantitative estimate of drug-likeness (QED) is 0.375. The van der Waals surface area contributed by atoms with Crippen molar-refractivity contribution in [2.75, 3.05) is 26.2 Å². The molecular weight excluding hydrogens is 266 g/mol. The van der Waals surface area contributed by atoms with E-state index in [-0.39, 0.29) is 5.84 Å². The standard InChI is InChI=1S/C15H25N5O/c1-12-5-4-6-17-13(12)11-19-7-9-20(10-8-19)15(2,3)14(16)18-21/h4-6,21H,7-11H2,1-3H3,(H2,16,18). The Morgan fingerprint density at radius 3 is 2.62 bits per heavy atom. The molecule has 0 amide bonds. The van der Waals surface area contributed by atoms with Crippen molar-refractivity contribution in [3.05, 3.63) is 29.6 Å². The summed E-state index contributed by atoms with van der Waals surface area (Å²) in [5, 5.41) is 12.1. The first kappa shape index (κ1) is 15.7. The zero-order valence-corrected chi connectivity index (χ0v) is 13.1. The fraction of sp³-hybridized carbons (Fsp3) is 0.600. The molecule has 0 radical (unpaired) electrons. The van der Waals surface area contributed by atoms with Gasteiger partial charge in [-0.3, -0.25) is 14.8 Å². The molecule has 1 aliphatic rings. The Kier molecular flexibility index (Phi) is 4.80. The van der Waals surface area contributed by atoms with E-state index >= 15 is 0 Å². The number of hydrogen-bond acceptors (Lipinski definition) is 5. The van der Waals surface area contributed by atoms with Crippen LogP contribution in [0.1, 0.15) is 25.1 Å². The minimum atomic E-state index is -0.415. The maximum atomic E-state index is 8.90. The number of amidine groups is 1. The van der Waals surface area contributed by atoms with Gasteiger partial charge in [0, 0.05) is 38.9 Å². The summed E-state index contributed by atoms with van der Waals surface area (Å²) in [6, 6.07) is 4.07. The van der Waals surface area contributed by atoms with Crippen LogP contribution in [0.5, 0.6) is 0 Å². The van der Waals surface area contributed by atoms with Crippen LogP contribution in [0.25, 0.3) is 0 Å². The average molecular weight is 291 g/mol. The van der Waals surface area contributed by atoms with Crippen LogP contribution in [-0.2, 0) is 6.54 Å². The van der Waals surface area contributed by atoms with Crippen LogP contribution in [0.15, 0.2) is 23.5 Å². The fourth-order valence-corrected chi connectivity index (χ4v) is 2.65.